The topological polar surface area (TPSA) is 77.3 Å². The zero-order valence-corrected chi connectivity index (χ0v) is 11.2. The Morgan fingerprint density at radius 2 is 2.32 bits per heavy atom. The minimum atomic E-state index is -0.531. The van der Waals surface area contributed by atoms with Gasteiger partial charge in [-0.2, -0.15) is 5.10 Å². The summed E-state index contributed by atoms with van der Waals surface area (Å²) in [5.41, 5.74) is 0. The number of aromatic nitrogens is 3. The van der Waals surface area contributed by atoms with Crippen LogP contribution < -0.4 is 0 Å². The maximum absolute atomic E-state index is 12.3. The van der Waals surface area contributed by atoms with Crippen molar-refractivity contribution in [3.8, 4) is 0 Å². The second kappa shape index (κ2) is 7.30. The van der Waals surface area contributed by atoms with Gasteiger partial charge in [0.05, 0.1) is 6.61 Å². The number of hydrogen-bond acceptors (Lipinski definition) is 5. The van der Waals surface area contributed by atoms with Crippen LogP contribution in [0.2, 0.25) is 0 Å². The molecule has 1 atom stereocenters. The molecule has 0 spiro atoms. The third kappa shape index (κ3) is 4.20. The molecule has 0 N–H and O–H groups in total. The SMILES string of the molecule is C=CCN(CC(=O)OCC)C(=O)C(C)n1cncn1. The summed E-state index contributed by atoms with van der Waals surface area (Å²) in [6, 6.07) is -0.531. The highest BCUT2D eigenvalue weighted by molar-refractivity contribution is 5.84. The summed E-state index contributed by atoms with van der Waals surface area (Å²) in [4.78, 5) is 28.9. The van der Waals surface area contributed by atoms with Crippen LogP contribution in [0.5, 0.6) is 0 Å². The van der Waals surface area contributed by atoms with E-state index in [4.69, 9.17) is 4.74 Å². The van der Waals surface area contributed by atoms with E-state index in [9.17, 15) is 9.59 Å². The van der Waals surface area contributed by atoms with Crippen molar-refractivity contribution >= 4 is 11.9 Å². The van der Waals surface area contributed by atoms with Crippen LogP contribution in [-0.2, 0) is 14.3 Å². The van der Waals surface area contributed by atoms with Crippen molar-refractivity contribution in [1.29, 1.82) is 0 Å². The van der Waals surface area contributed by atoms with Crippen LogP contribution in [0.1, 0.15) is 19.9 Å². The molecule has 0 bridgehead atoms. The predicted octanol–water partition coefficient (Wildman–Crippen LogP) is 0.417. The Labute approximate surface area is 111 Å². The third-order valence-electron chi connectivity index (χ3n) is 2.48. The van der Waals surface area contributed by atoms with Crippen molar-refractivity contribution in [3.05, 3.63) is 25.3 Å². The Kier molecular flexibility index (Phi) is 5.72. The molecule has 7 heteroatoms. The molecule has 1 rings (SSSR count). The van der Waals surface area contributed by atoms with Gasteiger partial charge in [0.1, 0.15) is 25.2 Å². The molecule has 0 fully saturated rings. The van der Waals surface area contributed by atoms with Gasteiger partial charge in [-0.3, -0.25) is 9.59 Å². The van der Waals surface area contributed by atoms with Crippen molar-refractivity contribution in [1.82, 2.24) is 19.7 Å². The van der Waals surface area contributed by atoms with Crippen molar-refractivity contribution in [2.45, 2.75) is 19.9 Å². The molecule has 0 radical (unpaired) electrons. The highest BCUT2D eigenvalue weighted by Gasteiger charge is 2.23. The standard InChI is InChI=1S/C12H18N4O3/c1-4-6-15(7-11(17)19-5-2)12(18)10(3)16-9-13-8-14-16/h4,8-10H,1,5-7H2,2-3H3. The highest BCUT2D eigenvalue weighted by atomic mass is 16.5. The lowest BCUT2D eigenvalue weighted by Gasteiger charge is -2.23. The molecule has 7 nitrogen and oxygen atoms in total. The van der Waals surface area contributed by atoms with Crippen LogP contribution >= 0.6 is 0 Å². The second-order valence-corrected chi connectivity index (χ2v) is 3.86. The van der Waals surface area contributed by atoms with Gasteiger partial charge in [-0.1, -0.05) is 6.08 Å². The lowest BCUT2D eigenvalue weighted by molar-refractivity contribution is -0.149. The van der Waals surface area contributed by atoms with E-state index in [0.29, 0.717) is 0 Å². The quantitative estimate of drug-likeness (QED) is 0.528. The van der Waals surface area contributed by atoms with E-state index in [-0.39, 0.29) is 25.6 Å². The molecule has 0 aromatic carbocycles. The summed E-state index contributed by atoms with van der Waals surface area (Å²) in [6.07, 6.45) is 4.37. The van der Waals surface area contributed by atoms with Gasteiger partial charge in [-0.25, -0.2) is 9.67 Å². The first-order chi connectivity index (χ1) is 9.10. The largest absolute Gasteiger partial charge is 0.465 e. The number of amides is 1. The van der Waals surface area contributed by atoms with Crippen molar-refractivity contribution in [2.24, 2.45) is 0 Å². The van der Waals surface area contributed by atoms with Crippen molar-refractivity contribution in [3.63, 3.8) is 0 Å². The number of esters is 1. The molecule has 0 saturated heterocycles. The Morgan fingerprint density at radius 1 is 1.58 bits per heavy atom. The Hall–Kier alpha value is -2.18. The highest BCUT2D eigenvalue weighted by Crippen LogP contribution is 2.08. The average Bonchev–Trinajstić information content (AvgIpc) is 2.90. The minimum absolute atomic E-state index is 0.0995. The molecule has 19 heavy (non-hydrogen) atoms. The van der Waals surface area contributed by atoms with E-state index in [1.165, 1.54) is 22.2 Å². The maximum atomic E-state index is 12.3. The first-order valence-electron chi connectivity index (χ1n) is 5.99. The summed E-state index contributed by atoms with van der Waals surface area (Å²) < 4.78 is 6.27. The maximum Gasteiger partial charge on any atom is 0.325 e. The fraction of sp³-hybridized carbons (Fsp3) is 0.500. The van der Waals surface area contributed by atoms with Crippen LogP contribution in [0.4, 0.5) is 0 Å². The van der Waals surface area contributed by atoms with E-state index in [1.54, 1.807) is 19.9 Å². The summed E-state index contributed by atoms with van der Waals surface area (Å²) in [5.74, 6) is -0.679. The van der Waals surface area contributed by atoms with Gasteiger partial charge in [0.25, 0.3) is 0 Å². The number of rotatable bonds is 7. The molecule has 1 aromatic heterocycles. The Balaban J connectivity index is 2.72. The van der Waals surface area contributed by atoms with Crippen molar-refractivity contribution < 1.29 is 14.3 Å². The molecule has 1 unspecified atom stereocenters. The van der Waals surface area contributed by atoms with Gasteiger partial charge in [-0.05, 0) is 13.8 Å². The van der Waals surface area contributed by atoms with E-state index >= 15 is 0 Å². The van der Waals surface area contributed by atoms with Gasteiger partial charge >= 0.3 is 5.97 Å². The summed E-state index contributed by atoms with van der Waals surface area (Å²) in [7, 11) is 0. The number of hydrogen-bond donors (Lipinski definition) is 0. The molecule has 1 aromatic rings. The van der Waals surface area contributed by atoms with Gasteiger partial charge in [0, 0.05) is 6.54 Å². The molecule has 0 aliphatic heterocycles. The van der Waals surface area contributed by atoms with Crippen LogP contribution in [0.3, 0.4) is 0 Å². The van der Waals surface area contributed by atoms with Gasteiger partial charge in [-0.15, -0.1) is 6.58 Å². The lowest BCUT2D eigenvalue weighted by atomic mass is 10.3. The number of ether oxygens (including phenoxy) is 1. The molecule has 1 heterocycles. The second-order valence-electron chi connectivity index (χ2n) is 3.86. The molecule has 0 aliphatic carbocycles. The fourth-order valence-corrected chi connectivity index (χ4v) is 1.55. The first-order valence-corrected chi connectivity index (χ1v) is 5.99. The average molecular weight is 266 g/mol. The van der Waals surface area contributed by atoms with Crippen LogP contribution in [0.15, 0.2) is 25.3 Å². The molecule has 0 saturated carbocycles. The Bertz CT molecular complexity index is 430. The van der Waals surface area contributed by atoms with Crippen LogP contribution in [0, 0.1) is 0 Å². The number of carbonyl (C=O) groups excluding carboxylic acids is 2. The van der Waals surface area contributed by atoms with Crippen LogP contribution in [0.25, 0.3) is 0 Å². The monoisotopic (exact) mass is 266 g/mol. The minimum Gasteiger partial charge on any atom is -0.465 e. The number of nitrogens with zero attached hydrogens (tertiary/aromatic N) is 4. The predicted molar refractivity (Wildman–Crippen MR) is 68.1 cm³/mol. The fourth-order valence-electron chi connectivity index (χ4n) is 1.55. The summed E-state index contributed by atoms with van der Waals surface area (Å²) >= 11 is 0. The molecular weight excluding hydrogens is 248 g/mol. The zero-order chi connectivity index (χ0) is 14.3. The van der Waals surface area contributed by atoms with Gasteiger partial charge in [0.15, 0.2) is 0 Å². The van der Waals surface area contributed by atoms with E-state index in [2.05, 4.69) is 16.7 Å². The molecule has 104 valence electrons. The molecule has 1 amide bonds. The summed E-state index contributed by atoms with van der Waals surface area (Å²) in [5, 5.41) is 3.91. The summed E-state index contributed by atoms with van der Waals surface area (Å²) in [6.45, 7) is 7.45. The normalized spacial score (nSPS) is 11.7. The van der Waals surface area contributed by atoms with Gasteiger partial charge in [0.2, 0.25) is 5.91 Å². The molecule has 0 aliphatic rings. The first kappa shape index (κ1) is 14.9. The van der Waals surface area contributed by atoms with Crippen LogP contribution in [-0.4, -0.2) is 51.2 Å². The molecular formula is C12H18N4O3. The zero-order valence-electron chi connectivity index (χ0n) is 11.2. The number of carbonyl (C=O) groups is 2. The lowest BCUT2D eigenvalue weighted by Crippen LogP contribution is -2.40. The Morgan fingerprint density at radius 3 is 2.84 bits per heavy atom. The van der Waals surface area contributed by atoms with E-state index in [1.807, 2.05) is 0 Å². The smallest absolute Gasteiger partial charge is 0.325 e. The van der Waals surface area contributed by atoms with E-state index in [0.717, 1.165) is 0 Å². The van der Waals surface area contributed by atoms with Gasteiger partial charge < -0.3 is 9.64 Å². The van der Waals surface area contributed by atoms with E-state index < -0.39 is 12.0 Å². The third-order valence-corrected chi connectivity index (χ3v) is 2.48. The van der Waals surface area contributed by atoms with Crippen molar-refractivity contribution in [2.75, 3.05) is 19.7 Å².